The Labute approximate surface area is 142 Å². The number of ether oxygens (including phenoxy) is 1. The quantitative estimate of drug-likeness (QED) is 0.921. The Morgan fingerprint density at radius 3 is 2.67 bits per heavy atom. The lowest BCUT2D eigenvalue weighted by Gasteiger charge is -2.35. The fourth-order valence-corrected chi connectivity index (χ4v) is 3.87. The van der Waals surface area contributed by atoms with Gasteiger partial charge in [-0.2, -0.15) is 0 Å². The fraction of sp³-hybridized carbons (Fsp3) is 0.579. The van der Waals surface area contributed by atoms with Crippen molar-refractivity contribution in [1.29, 1.82) is 0 Å². The molecule has 0 bridgehead atoms. The molecule has 5 heteroatoms. The zero-order valence-electron chi connectivity index (χ0n) is 14.1. The summed E-state index contributed by atoms with van der Waals surface area (Å²) in [5.41, 5.74) is 2.21. The number of hydrogen-bond acceptors (Lipinski definition) is 3. The first kappa shape index (κ1) is 17.0. The maximum absolute atomic E-state index is 13.1. The largest absolute Gasteiger partial charge is 0.481 e. The number of aryl methyl sites for hydroxylation is 1. The Bertz CT molecular complexity index is 598. The van der Waals surface area contributed by atoms with Gasteiger partial charge in [0.15, 0.2) is 0 Å². The topological polar surface area (TPSA) is 66.8 Å². The molecule has 24 heavy (non-hydrogen) atoms. The molecule has 3 atom stereocenters. The Morgan fingerprint density at radius 2 is 1.96 bits per heavy atom. The predicted molar refractivity (Wildman–Crippen MR) is 89.6 cm³/mol. The summed E-state index contributed by atoms with van der Waals surface area (Å²) < 4.78 is 5.95. The molecule has 0 radical (unpaired) electrons. The Kier molecular flexibility index (Phi) is 5.19. The minimum absolute atomic E-state index is 0.0362. The summed E-state index contributed by atoms with van der Waals surface area (Å²) in [6.45, 7) is 3.36. The van der Waals surface area contributed by atoms with E-state index in [2.05, 4.69) is 0 Å². The molecule has 2 aliphatic heterocycles. The summed E-state index contributed by atoms with van der Waals surface area (Å²) >= 11 is 0. The van der Waals surface area contributed by atoms with Gasteiger partial charge in [-0.3, -0.25) is 9.59 Å². The van der Waals surface area contributed by atoms with Crippen molar-refractivity contribution < 1.29 is 19.4 Å². The monoisotopic (exact) mass is 331 g/mol. The van der Waals surface area contributed by atoms with Crippen molar-refractivity contribution >= 4 is 11.9 Å². The van der Waals surface area contributed by atoms with Gasteiger partial charge in [0.25, 0.3) is 0 Å². The van der Waals surface area contributed by atoms with Crippen LogP contribution in [0.5, 0.6) is 0 Å². The highest BCUT2D eigenvalue weighted by Gasteiger charge is 2.39. The Balaban J connectivity index is 1.78. The molecule has 3 unspecified atom stereocenters. The molecule has 0 aromatic heterocycles. The van der Waals surface area contributed by atoms with Crippen LogP contribution in [0.4, 0.5) is 0 Å². The van der Waals surface area contributed by atoms with Gasteiger partial charge in [0.2, 0.25) is 5.91 Å². The SMILES string of the molecule is Cc1ccc(C2OCCCC2C(=O)N2CCCC2CC(=O)O)cc1. The van der Waals surface area contributed by atoms with Gasteiger partial charge in [0.1, 0.15) is 0 Å². The number of rotatable bonds is 4. The van der Waals surface area contributed by atoms with Gasteiger partial charge in [-0.05, 0) is 38.2 Å². The van der Waals surface area contributed by atoms with Crippen molar-refractivity contribution in [2.75, 3.05) is 13.2 Å². The number of amides is 1. The van der Waals surface area contributed by atoms with Crippen molar-refractivity contribution in [3.63, 3.8) is 0 Å². The second kappa shape index (κ2) is 7.34. The molecule has 3 rings (SSSR count). The number of hydrogen-bond donors (Lipinski definition) is 1. The average Bonchev–Trinajstić information content (AvgIpc) is 3.02. The summed E-state index contributed by atoms with van der Waals surface area (Å²) in [7, 11) is 0. The molecule has 2 saturated heterocycles. The van der Waals surface area contributed by atoms with Gasteiger partial charge in [-0.15, -0.1) is 0 Å². The van der Waals surface area contributed by atoms with E-state index in [9.17, 15) is 9.59 Å². The first-order valence-corrected chi connectivity index (χ1v) is 8.76. The van der Waals surface area contributed by atoms with Crippen molar-refractivity contribution in [2.45, 2.75) is 51.2 Å². The molecule has 130 valence electrons. The normalized spacial score (nSPS) is 27.2. The number of carboxylic acids is 1. The van der Waals surface area contributed by atoms with Crippen molar-refractivity contribution in [3.05, 3.63) is 35.4 Å². The molecule has 0 saturated carbocycles. The van der Waals surface area contributed by atoms with E-state index in [0.717, 1.165) is 31.2 Å². The standard InChI is InChI=1S/C19H25NO4/c1-13-6-8-14(9-7-13)18-16(5-3-11-24-18)19(23)20-10-2-4-15(20)12-17(21)22/h6-9,15-16,18H,2-5,10-12H2,1H3,(H,21,22). The molecule has 2 heterocycles. The third-order valence-corrected chi connectivity index (χ3v) is 5.12. The van der Waals surface area contributed by atoms with Crippen LogP contribution in [0.25, 0.3) is 0 Å². The van der Waals surface area contributed by atoms with Crippen LogP contribution in [-0.2, 0) is 14.3 Å². The van der Waals surface area contributed by atoms with Crippen molar-refractivity contribution in [2.24, 2.45) is 5.92 Å². The third-order valence-electron chi connectivity index (χ3n) is 5.12. The molecule has 5 nitrogen and oxygen atoms in total. The number of nitrogens with zero attached hydrogens (tertiary/aromatic N) is 1. The van der Waals surface area contributed by atoms with E-state index < -0.39 is 5.97 Å². The summed E-state index contributed by atoms with van der Waals surface area (Å²) in [6, 6.07) is 7.97. The smallest absolute Gasteiger partial charge is 0.305 e. The van der Waals surface area contributed by atoms with E-state index in [-0.39, 0.29) is 30.4 Å². The van der Waals surface area contributed by atoms with Crippen LogP contribution in [0, 0.1) is 12.8 Å². The number of carbonyl (C=O) groups is 2. The van der Waals surface area contributed by atoms with Crippen LogP contribution in [-0.4, -0.2) is 41.1 Å². The molecule has 1 amide bonds. The molecular weight excluding hydrogens is 306 g/mol. The number of likely N-dealkylation sites (tertiary alicyclic amines) is 1. The van der Waals surface area contributed by atoms with Gasteiger partial charge < -0.3 is 14.7 Å². The number of carbonyl (C=O) groups excluding carboxylic acids is 1. The highest BCUT2D eigenvalue weighted by Crippen LogP contribution is 2.36. The van der Waals surface area contributed by atoms with E-state index in [1.807, 2.05) is 31.2 Å². The molecule has 0 aliphatic carbocycles. The lowest BCUT2D eigenvalue weighted by Crippen LogP contribution is -2.44. The average molecular weight is 331 g/mol. The van der Waals surface area contributed by atoms with Crippen LogP contribution in [0.15, 0.2) is 24.3 Å². The summed E-state index contributed by atoms with van der Waals surface area (Å²) in [4.78, 5) is 25.9. The number of benzene rings is 1. The van der Waals surface area contributed by atoms with E-state index in [0.29, 0.717) is 13.2 Å². The van der Waals surface area contributed by atoms with Crippen molar-refractivity contribution in [3.8, 4) is 0 Å². The first-order chi connectivity index (χ1) is 11.6. The minimum Gasteiger partial charge on any atom is -0.481 e. The lowest BCUT2D eigenvalue weighted by molar-refractivity contribution is -0.148. The van der Waals surface area contributed by atoms with Crippen LogP contribution in [0.1, 0.15) is 49.3 Å². The summed E-state index contributed by atoms with van der Waals surface area (Å²) in [5, 5.41) is 9.08. The zero-order chi connectivity index (χ0) is 17.1. The molecule has 2 aliphatic rings. The summed E-state index contributed by atoms with van der Waals surface area (Å²) in [6.07, 6.45) is 3.14. The molecular formula is C19H25NO4. The van der Waals surface area contributed by atoms with Crippen LogP contribution in [0.2, 0.25) is 0 Å². The molecule has 1 aromatic carbocycles. The second-order valence-corrected chi connectivity index (χ2v) is 6.88. The van der Waals surface area contributed by atoms with E-state index in [4.69, 9.17) is 9.84 Å². The van der Waals surface area contributed by atoms with Gasteiger partial charge in [-0.1, -0.05) is 29.8 Å². The first-order valence-electron chi connectivity index (χ1n) is 8.76. The molecule has 1 N–H and O–H groups in total. The molecule has 0 spiro atoms. The minimum atomic E-state index is -0.838. The molecule has 1 aromatic rings. The Hall–Kier alpha value is -1.88. The van der Waals surface area contributed by atoms with Crippen LogP contribution >= 0.6 is 0 Å². The Morgan fingerprint density at radius 1 is 1.21 bits per heavy atom. The van der Waals surface area contributed by atoms with Gasteiger partial charge in [0, 0.05) is 19.2 Å². The van der Waals surface area contributed by atoms with Gasteiger partial charge in [-0.25, -0.2) is 0 Å². The number of carboxylic acid groups (broad SMARTS) is 1. The fourth-order valence-electron chi connectivity index (χ4n) is 3.87. The predicted octanol–water partition coefficient (Wildman–Crippen LogP) is 2.93. The molecule has 2 fully saturated rings. The van der Waals surface area contributed by atoms with Crippen LogP contribution < -0.4 is 0 Å². The van der Waals surface area contributed by atoms with Crippen LogP contribution in [0.3, 0.4) is 0 Å². The summed E-state index contributed by atoms with van der Waals surface area (Å²) in [5.74, 6) is -0.991. The van der Waals surface area contributed by atoms with E-state index >= 15 is 0 Å². The van der Waals surface area contributed by atoms with Gasteiger partial charge >= 0.3 is 5.97 Å². The maximum atomic E-state index is 13.1. The van der Waals surface area contributed by atoms with Crippen molar-refractivity contribution in [1.82, 2.24) is 4.90 Å². The highest BCUT2D eigenvalue weighted by atomic mass is 16.5. The maximum Gasteiger partial charge on any atom is 0.305 e. The highest BCUT2D eigenvalue weighted by molar-refractivity contribution is 5.81. The number of aliphatic carboxylic acids is 1. The third kappa shape index (κ3) is 3.61. The van der Waals surface area contributed by atoms with E-state index in [1.54, 1.807) is 4.90 Å². The van der Waals surface area contributed by atoms with E-state index in [1.165, 1.54) is 5.56 Å². The second-order valence-electron chi connectivity index (χ2n) is 6.88. The van der Waals surface area contributed by atoms with Gasteiger partial charge in [0.05, 0.1) is 18.4 Å². The zero-order valence-corrected chi connectivity index (χ0v) is 14.1. The lowest BCUT2D eigenvalue weighted by atomic mass is 9.87.